The lowest BCUT2D eigenvalue weighted by atomic mass is 9.87. The molecule has 0 unspecified atom stereocenters. The molecule has 0 saturated carbocycles. The van der Waals surface area contributed by atoms with Crippen LogP contribution in [0.5, 0.6) is 0 Å². The SMILES string of the molecule is Cc1nn(-c2ccccn2)c(C)c1[C@H](CC(N)=O)c1c(C)[nH][nH]c1=O. The summed E-state index contributed by atoms with van der Waals surface area (Å²) in [5.41, 5.74) is 8.75. The van der Waals surface area contributed by atoms with E-state index in [9.17, 15) is 9.59 Å². The summed E-state index contributed by atoms with van der Waals surface area (Å²) in [5.74, 6) is -0.272. The Bertz CT molecular complexity index is 967. The van der Waals surface area contributed by atoms with Crippen molar-refractivity contribution in [3.8, 4) is 5.82 Å². The lowest BCUT2D eigenvalue weighted by Gasteiger charge is -2.15. The normalized spacial score (nSPS) is 12.3. The van der Waals surface area contributed by atoms with Gasteiger partial charge in [0.25, 0.3) is 5.56 Å². The van der Waals surface area contributed by atoms with E-state index in [-0.39, 0.29) is 12.0 Å². The molecule has 0 saturated heterocycles. The summed E-state index contributed by atoms with van der Waals surface area (Å²) in [6.45, 7) is 5.54. The molecule has 0 aliphatic rings. The van der Waals surface area contributed by atoms with Crippen LogP contribution in [0, 0.1) is 20.8 Å². The van der Waals surface area contributed by atoms with Gasteiger partial charge in [0.05, 0.1) is 5.69 Å². The number of aromatic amines is 2. The third-order valence-corrected chi connectivity index (χ3v) is 4.33. The Morgan fingerprint density at radius 2 is 2.00 bits per heavy atom. The predicted molar refractivity (Wildman–Crippen MR) is 92.6 cm³/mol. The molecule has 25 heavy (non-hydrogen) atoms. The van der Waals surface area contributed by atoms with E-state index in [4.69, 9.17) is 5.73 Å². The van der Waals surface area contributed by atoms with E-state index in [2.05, 4.69) is 20.3 Å². The van der Waals surface area contributed by atoms with Gasteiger partial charge in [-0.1, -0.05) is 6.07 Å². The van der Waals surface area contributed by atoms with Crippen LogP contribution in [0.3, 0.4) is 0 Å². The van der Waals surface area contributed by atoms with Gasteiger partial charge < -0.3 is 10.8 Å². The van der Waals surface area contributed by atoms with Crippen molar-refractivity contribution in [2.45, 2.75) is 33.1 Å². The van der Waals surface area contributed by atoms with Crippen molar-refractivity contribution in [1.82, 2.24) is 25.0 Å². The number of pyridine rings is 1. The monoisotopic (exact) mass is 340 g/mol. The fourth-order valence-corrected chi connectivity index (χ4v) is 3.29. The number of amides is 1. The second-order valence-corrected chi connectivity index (χ2v) is 6.03. The van der Waals surface area contributed by atoms with Crippen LogP contribution in [0.1, 0.15) is 40.5 Å². The highest BCUT2D eigenvalue weighted by molar-refractivity contribution is 5.75. The number of carbonyl (C=O) groups is 1. The van der Waals surface area contributed by atoms with Crippen LogP contribution < -0.4 is 11.3 Å². The molecule has 0 aliphatic carbocycles. The van der Waals surface area contributed by atoms with E-state index in [1.165, 1.54) is 0 Å². The maximum Gasteiger partial charge on any atom is 0.267 e. The quantitative estimate of drug-likeness (QED) is 0.646. The molecule has 0 bridgehead atoms. The minimum absolute atomic E-state index is 0.0252. The predicted octanol–water partition coefficient (Wildman–Crippen LogP) is 1.22. The third-order valence-electron chi connectivity index (χ3n) is 4.33. The Morgan fingerprint density at radius 3 is 2.56 bits per heavy atom. The summed E-state index contributed by atoms with van der Waals surface area (Å²) >= 11 is 0. The van der Waals surface area contributed by atoms with Gasteiger partial charge in [-0.2, -0.15) is 5.10 Å². The lowest BCUT2D eigenvalue weighted by molar-refractivity contribution is -0.118. The van der Waals surface area contributed by atoms with Crippen molar-refractivity contribution in [3.05, 3.63) is 63.0 Å². The van der Waals surface area contributed by atoms with Crippen molar-refractivity contribution >= 4 is 5.91 Å². The van der Waals surface area contributed by atoms with E-state index >= 15 is 0 Å². The van der Waals surface area contributed by atoms with E-state index in [0.29, 0.717) is 17.1 Å². The first kappa shape index (κ1) is 16.7. The first-order chi connectivity index (χ1) is 11.9. The molecule has 130 valence electrons. The molecule has 3 heterocycles. The molecular weight excluding hydrogens is 320 g/mol. The molecule has 8 nitrogen and oxygen atoms in total. The molecule has 1 atom stereocenters. The topological polar surface area (TPSA) is 122 Å². The molecular formula is C17H20N6O2. The molecule has 4 N–H and O–H groups in total. The maximum absolute atomic E-state index is 12.3. The molecule has 0 fully saturated rings. The zero-order valence-corrected chi connectivity index (χ0v) is 14.3. The van der Waals surface area contributed by atoms with Crippen molar-refractivity contribution in [2.24, 2.45) is 5.73 Å². The number of hydrogen-bond acceptors (Lipinski definition) is 4. The molecule has 0 aliphatic heterocycles. The first-order valence-corrected chi connectivity index (χ1v) is 7.93. The zero-order valence-electron chi connectivity index (χ0n) is 14.3. The van der Waals surface area contributed by atoms with Crippen LogP contribution in [0.15, 0.2) is 29.2 Å². The number of carbonyl (C=O) groups excluding carboxylic acids is 1. The van der Waals surface area contributed by atoms with Crippen LogP contribution >= 0.6 is 0 Å². The van der Waals surface area contributed by atoms with Crippen molar-refractivity contribution < 1.29 is 4.79 Å². The number of nitrogens with zero attached hydrogens (tertiary/aromatic N) is 3. The number of nitrogens with two attached hydrogens (primary N) is 1. The van der Waals surface area contributed by atoms with Gasteiger partial charge in [-0.15, -0.1) is 0 Å². The largest absolute Gasteiger partial charge is 0.370 e. The van der Waals surface area contributed by atoms with Crippen LogP contribution in [-0.4, -0.2) is 30.9 Å². The number of hydrogen-bond donors (Lipinski definition) is 3. The Hall–Kier alpha value is -3.16. The average Bonchev–Trinajstić information content (AvgIpc) is 3.05. The third kappa shape index (κ3) is 2.98. The fourth-order valence-electron chi connectivity index (χ4n) is 3.29. The molecule has 1 amide bonds. The van der Waals surface area contributed by atoms with E-state index < -0.39 is 11.8 Å². The Labute approximate surface area is 144 Å². The van der Waals surface area contributed by atoms with Gasteiger partial charge in [-0.05, 0) is 32.9 Å². The second-order valence-electron chi connectivity index (χ2n) is 6.03. The molecule has 0 spiro atoms. The number of H-pyrrole nitrogens is 2. The van der Waals surface area contributed by atoms with Gasteiger partial charge >= 0.3 is 0 Å². The number of aromatic nitrogens is 5. The van der Waals surface area contributed by atoms with Gasteiger partial charge in [0.2, 0.25) is 5.91 Å². The van der Waals surface area contributed by atoms with E-state index in [0.717, 1.165) is 17.0 Å². The second kappa shape index (κ2) is 6.39. The molecule has 8 heteroatoms. The zero-order chi connectivity index (χ0) is 18.1. The Kier molecular flexibility index (Phi) is 4.26. The highest BCUT2D eigenvalue weighted by Crippen LogP contribution is 2.32. The Morgan fingerprint density at radius 1 is 1.24 bits per heavy atom. The minimum Gasteiger partial charge on any atom is -0.370 e. The van der Waals surface area contributed by atoms with Crippen LogP contribution in [0.25, 0.3) is 5.82 Å². The van der Waals surface area contributed by atoms with Gasteiger partial charge in [-0.25, -0.2) is 9.67 Å². The van der Waals surface area contributed by atoms with E-state index in [1.54, 1.807) is 17.8 Å². The summed E-state index contributed by atoms with van der Waals surface area (Å²) in [6, 6.07) is 5.55. The van der Waals surface area contributed by atoms with Crippen LogP contribution in [0.2, 0.25) is 0 Å². The molecule has 3 aromatic rings. The highest BCUT2D eigenvalue weighted by Gasteiger charge is 2.29. The summed E-state index contributed by atoms with van der Waals surface area (Å²) < 4.78 is 1.72. The van der Waals surface area contributed by atoms with Gasteiger partial charge in [0.1, 0.15) is 0 Å². The molecule has 3 aromatic heterocycles. The molecule has 3 rings (SSSR count). The number of rotatable bonds is 5. The minimum atomic E-state index is -0.477. The Balaban J connectivity index is 2.19. The maximum atomic E-state index is 12.3. The van der Waals surface area contributed by atoms with Gasteiger partial charge in [0, 0.05) is 41.1 Å². The average molecular weight is 340 g/mol. The molecule has 0 radical (unpaired) electrons. The van der Waals surface area contributed by atoms with E-state index in [1.807, 2.05) is 32.0 Å². The lowest BCUT2D eigenvalue weighted by Crippen LogP contribution is -2.21. The number of aryl methyl sites for hydroxylation is 2. The van der Waals surface area contributed by atoms with Crippen molar-refractivity contribution in [3.63, 3.8) is 0 Å². The van der Waals surface area contributed by atoms with Crippen LogP contribution in [-0.2, 0) is 4.79 Å². The first-order valence-electron chi connectivity index (χ1n) is 7.93. The summed E-state index contributed by atoms with van der Waals surface area (Å²) in [6.07, 6.45) is 1.71. The summed E-state index contributed by atoms with van der Waals surface area (Å²) in [4.78, 5) is 28.2. The summed E-state index contributed by atoms with van der Waals surface area (Å²) in [5, 5.41) is 9.93. The number of primary amides is 1. The van der Waals surface area contributed by atoms with Gasteiger partial charge in [0.15, 0.2) is 5.82 Å². The smallest absolute Gasteiger partial charge is 0.267 e. The fraction of sp³-hybridized carbons (Fsp3) is 0.294. The standard InChI is InChI=1S/C17H20N6O2/c1-9-16(17(25)21-20-9)12(8-13(18)24)15-10(2)22-23(11(15)3)14-6-4-5-7-19-14/h4-7,12H,8H2,1-3H3,(H2,18,24)(H2,20,21,25)/t12-/m0/s1. The van der Waals surface area contributed by atoms with Crippen LogP contribution in [0.4, 0.5) is 0 Å². The summed E-state index contributed by atoms with van der Waals surface area (Å²) in [7, 11) is 0. The van der Waals surface area contributed by atoms with Crippen molar-refractivity contribution in [2.75, 3.05) is 0 Å². The highest BCUT2D eigenvalue weighted by atomic mass is 16.1. The number of nitrogens with one attached hydrogen (secondary N) is 2. The van der Waals surface area contributed by atoms with Gasteiger partial charge in [-0.3, -0.25) is 14.7 Å². The van der Waals surface area contributed by atoms with Crippen molar-refractivity contribution in [1.29, 1.82) is 0 Å². The molecule has 0 aromatic carbocycles.